The fraction of sp³-hybridized carbons (Fsp3) is 0.357. The Morgan fingerprint density at radius 3 is 2.44 bits per heavy atom. The molecule has 0 fully saturated rings. The number of esters is 1. The van der Waals surface area contributed by atoms with E-state index in [1.165, 1.54) is 5.56 Å². The molecule has 1 aliphatic heterocycles. The monoisotopic (exact) mass is 216 g/mol. The maximum absolute atomic E-state index is 11.3. The molecule has 0 radical (unpaired) electrons. The Hall–Kier alpha value is -1.57. The molecule has 0 unspecified atom stereocenters. The van der Waals surface area contributed by atoms with Crippen LogP contribution < -0.4 is 0 Å². The summed E-state index contributed by atoms with van der Waals surface area (Å²) in [5.41, 5.74) is 2.96. The second kappa shape index (κ2) is 4.52. The number of carbonyl (C=O) groups is 1. The van der Waals surface area contributed by atoms with Crippen LogP contribution in [-0.2, 0) is 16.0 Å². The minimum Gasteiger partial charge on any atom is -0.458 e. The van der Waals surface area contributed by atoms with Crippen molar-refractivity contribution in [2.45, 2.75) is 20.3 Å². The molecule has 0 atom stereocenters. The van der Waals surface area contributed by atoms with Crippen molar-refractivity contribution in [1.82, 2.24) is 0 Å². The van der Waals surface area contributed by atoms with Crippen molar-refractivity contribution in [3.63, 3.8) is 0 Å². The number of ether oxygens (including phenoxy) is 1. The summed E-state index contributed by atoms with van der Waals surface area (Å²) < 4.78 is 4.88. The first-order valence-corrected chi connectivity index (χ1v) is 5.63. The predicted octanol–water partition coefficient (Wildman–Crippen LogP) is 2.83. The van der Waals surface area contributed by atoms with E-state index in [1.54, 1.807) is 0 Å². The SMILES string of the molecule is CC(C)Cc1ccc(C2=CCOC2=O)cc1. The van der Waals surface area contributed by atoms with Crippen molar-refractivity contribution < 1.29 is 9.53 Å². The molecule has 0 amide bonds. The smallest absolute Gasteiger partial charge is 0.338 e. The number of carbonyl (C=O) groups excluding carboxylic acids is 1. The summed E-state index contributed by atoms with van der Waals surface area (Å²) in [7, 11) is 0. The first-order valence-electron chi connectivity index (χ1n) is 5.63. The van der Waals surface area contributed by atoms with E-state index in [4.69, 9.17) is 4.74 Å². The minimum atomic E-state index is -0.211. The van der Waals surface area contributed by atoms with Crippen molar-refractivity contribution in [3.05, 3.63) is 41.5 Å². The van der Waals surface area contributed by atoms with Crippen LogP contribution in [0.5, 0.6) is 0 Å². The van der Waals surface area contributed by atoms with Gasteiger partial charge in [-0.05, 0) is 29.5 Å². The van der Waals surface area contributed by atoms with Crippen LogP contribution in [0.3, 0.4) is 0 Å². The molecule has 0 N–H and O–H groups in total. The molecule has 2 nitrogen and oxygen atoms in total. The van der Waals surface area contributed by atoms with E-state index in [2.05, 4.69) is 26.0 Å². The zero-order valence-corrected chi connectivity index (χ0v) is 9.69. The lowest BCUT2D eigenvalue weighted by molar-refractivity contribution is -0.133. The van der Waals surface area contributed by atoms with E-state index in [-0.39, 0.29) is 5.97 Å². The third kappa shape index (κ3) is 2.32. The number of rotatable bonds is 3. The van der Waals surface area contributed by atoms with E-state index in [0.29, 0.717) is 18.1 Å². The number of cyclic esters (lactones) is 1. The molecule has 16 heavy (non-hydrogen) atoms. The molecule has 2 rings (SSSR count). The Morgan fingerprint density at radius 1 is 1.25 bits per heavy atom. The van der Waals surface area contributed by atoms with Crippen molar-refractivity contribution in [3.8, 4) is 0 Å². The molecule has 1 heterocycles. The predicted molar refractivity (Wildman–Crippen MR) is 63.9 cm³/mol. The molecule has 0 saturated heterocycles. The molecule has 0 aliphatic carbocycles. The van der Waals surface area contributed by atoms with Gasteiger partial charge in [0.05, 0.1) is 5.57 Å². The highest BCUT2D eigenvalue weighted by molar-refractivity contribution is 6.18. The minimum absolute atomic E-state index is 0.211. The van der Waals surface area contributed by atoms with Crippen LogP contribution in [0.25, 0.3) is 5.57 Å². The largest absolute Gasteiger partial charge is 0.458 e. The summed E-state index contributed by atoms with van der Waals surface area (Å²) in [6, 6.07) is 8.16. The van der Waals surface area contributed by atoms with Gasteiger partial charge in [-0.25, -0.2) is 4.79 Å². The van der Waals surface area contributed by atoms with Crippen molar-refractivity contribution >= 4 is 11.5 Å². The highest BCUT2D eigenvalue weighted by atomic mass is 16.5. The van der Waals surface area contributed by atoms with Gasteiger partial charge >= 0.3 is 5.97 Å². The van der Waals surface area contributed by atoms with Gasteiger partial charge in [-0.1, -0.05) is 38.1 Å². The standard InChI is InChI=1S/C14H16O2/c1-10(2)9-11-3-5-12(6-4-11)13-7-8-16-14(13)15/h3-7,10H,8-9H2,1-2H3. The summed E-state index contributed by atoms with van der Waals surface area (Å²) in [6.07, 6.45) is 2.91. The third-order valence-corrected chi connectivity index (χ3v) is 2.63. The van der Waals surface area contributed by atoms with Crippen LogP contribution in [0.2, 0.25) is 0 Å². The Bertz CT molecular complexity index is 413. The van der Waals surface area contributed by atoms with Crippen molar-refractivity contribution in [1.29, 1.82) is 0 Å². The molecule has 1 aliphatic rings. The second-order valence-corrected chi connectivity index (χ2v) is 4.51. The van der Waals surface area contributed by atoms with Crippen molar-refractivity contribution in [2.75, 3.05) is 6.61 Å². The van der Waals surface area contributed by atoms with E-state index in [1.807, 2.05) is 18.2 Å². The molecule has 84 valence electrons. The van der Waals surface area contributed by atoms with Gasteiger partial charge in [-0.2, -0.15) is 0 Å². The lowest BCUT2D eigenvalue weighted by Gasteiger charge is -2.06. The van der Waals surface area contributed by atoms with Gasteiger partial charge in [0.2, 0.25) is 0 Å². The first-order chi connectivity index (χ1) is 7.66. The Kier molecular flexibility index (Phi) is 3.09. The quantitative estimate of drug-likeness (QED) is 0.726. The molecule has 0 aromatic heterocycles. The van der Waals surface area contributed by atoms with E-state index in [9.17, 15) is 4.79 Å². The molecule has 0 bridgehead atoms. The molecular weight excluding hydrogens is 200 g/mol. The Balaban J connectivity index is 2.16. The topological polar surface area (TPSA) is 26.3 Å². The van der Waals surface area contributed by atoms with Crippen molar-refractivity contribution in [2.24, 2.45) is 5.92 Å². The Morgan fingerprint density at radius 2 is 1.94 bits per heavy atom. The number of hydrogen-bond donors (Lipinski definition) is 0. The van der Waals surface area contributed by atoms with E-state index >= 15 is 0 Å². The fourth-order valence-electron chi connectivity index (χ4n) is 1.89. The third-order valence-electron chi connectivity index (χ3n) is 2.63. The van der Waals surface area contributed by atoms with Crippen LogP contribution in [0.1, 0.15) is 25.0 Å². The highest BCUT2D eigenvalue weighted by Crippen LogP contribution is 2.21. The Labute approximate surface area is 95.9 Å². The van der Waals surface area contributed by atoms with Gasteiger partial charge < -0.3 is 4.74 Å². The molecule has 1 aromatic carbocycles. The molecular formula is C14H16O2. The zero-order chi connectivity index (χ0) is 11.5. The normalized spacial score (nSPS) is 15.2. The van der Waals surface area contributed by atoms with Crippen LogP contribution in [0.15, 0.2) is 30.3 Å². The van der Waals surface area contributed by atoms with Crippen LogP contribution in [0.4, 0.5) is 0 Å². The average molecular weight is 216 g/mol. The first kappa shape index (κ1) is 10.9. The molecule has 0 saturated carbocycles. The van der Waals surface area contributed by atoms with E-state index < -0.39 is 0 Å². The number of hydrogen-bond acceptors (Lipinski definition) is 2. The second-order valence-electron chi connectivity index (χ2n) is 4.51. The molecule has 0 spiro atoms. The average Bonchev–Trinajstić information content (AvgIpc) is 2.65. The summed E-state index contributed by atoms with van der Waals surface area (Å²) in [6.45, 7) is 4.80. The highest BCUT2D eigenvalue weighted by Gasteiger charge is 2.17. The van der Waals surface area contributed by atoms with Gasteiger partial charge in [0.25, 0.3) is 0 Å². The maximum Gasteiger partial charge on any atom is 0.338 e. The van der Waals surface area contributed by atoms with Gasteiger partial charge in [0.15, 0.2) is 0 Å². The van der Waals surface area contributed by atoms with Crippen LogP contribution in [-0.4, -0.2) is 12.6 Å². The molecule has 1 aromatic rings. The van der Waals surface area contributed by atoms with Gasteiger partial charge in [-0.15, -0.1) is 0 Å². The number of benzene rings is 1. The summed E-state index contributed by atoms with van der Waals surface area (Å²) in [5.74, 6) is 0.443. The molecule has 2 heteroatoms. The summed E-state index contributed by atoms with van der Waals surface area (Å²) in [5, 5.41) is 0. The van der Waals surface area contributed by atoms with Crippen LogP contribution in [0, 0.1) is 5.92 Å². The zero-order valence-electron chi connectivity index (χ0n) is 9.69. The summed E-state index contributed by atoms with van der Waals surface area (Å²) in [4.78, 5) is 11.3. The summed E-state index contributed by atoms with van der Waals surface area (Å²) >= 11 is 0. The maximum atomic E-state index is 11.3. The lowest BCUT2D eigenvalue weighted by atomic mass is 9.99. The van der Waals surface area contributed by atoms with Gasteiger partial charge in [0.1, 0.15) is 6.61 Å². The van der Waals surface area contributed by atoms with E-state index in [0.717, 1.165) is 12.0 Å². The fourth-order valence-corrected chi connectivity index (χ4v) is 1.89. The van der Waals surface area contributed by atoms with Gasteiger partial charge in [0, 0.05) is 0 Å². The van der Waals surface area contributed by atoms with Crippen LogP contribution >= 0.6 is 0 Å². The van der Waals surface area contributed by atoms with Gasteiger partial charge in [-0.3, -0.25) is 0 Å². The lowest BCUT2D eigenvalue weighted by Crippen LogP contribution is -1.99.